The fourth-order valence-corrected chi connectivity index (χ4v) is 1.07. The van der Waals surface area contributed by atoms with Gasteiger partial charge in [-0.15, -0.1) is 0 Å². The van der Waals surface area contributed by atoms with Crippen LogP contribution in [0.3, 0.4) is 0 Å². The summed E-state index contributed by atoms with van der Waals surface area (Å²) in [6.07, 6.45) is 3.96. The molecule has 0 radical (unpaired) electrons. The lowest BCUT2D eigenvalue weighted by molar-refractivity contribution is 0.0988. The smallest absolute Gasteiger partial charge is 0.162 e. The Labute approximate surface area is 84.2 Å². The number of ketones is 1. The number of hydrogen-bond acceptors (Lipinski definition) is 2. The van der Waals surface area contributed by atoms with Crippen LogP contribution >= 0.6 is 0 Å². The van der Waals surface area contributed by atoms with Crippen molar-refractivity contribution < 1.29 is 9.53 Å². The Morgan fingerprint density at radius 1 is 1.36 bits per heavy atom. The van der Waals surface area contributed by atoms with Crippen molar-refractivity contribution in [3.63, 3.8) is 0 Å². The fraction of sp³-hybridized carbons (Fsp3) is 0.250. The van der Waals surface area contributed by atoms with Crippen LogP contribution in [0.25, 0.3) is 0 Å². The van der Waals surface area contributed by atoms with Crippen molar-refractivity contribution in [1.29, 1.82) is 0 Å². The summed E-state index contributed by atoms with van der Waals surface area (Å²) in [5.74, 6) is 0.901. The zero-order valence-corrected chi connectivity index (χ0v) is 8.49. The molecule has 0 amide bonds. The molecule has 0 aliphatic rings. The molecule has 0 bridgehead atoms. The minimum Gasteiger partial charge on any atom is -0.465 e. The van der Waals surface area contributed by atoms with Crippen LogP contribution in [0.1, 0.15) is 30.6 Å². The van der Waals surface area contributed by atoms with E-state index in [0.717, 1.165) is 11.3 Å². The molecule has 0 heterocycles. The summed E-state index contributed by atoms with van der Waals surface area (Å²) < 4.78 is 5.23. The largest absolute Gasteiger partial charge is 0.465 e. The van der Waals surface area contributed by atoms with Crippen molar-refractivity contribution >= 4 is 5.78 Å². The summed E-state index contributed by atoms with van der Waals surface area (Å²) in [5, 5.41) is 0. The molecular formula is C12H14O2. The molecule has 0 spiro atoms. The summed E-state index contributed by atoms with van der Waals surface area (Å²) in [5.41, 5.74) is 0.736. The van der Waals surface area contributed by atoms with E-state index >= 15 is 0 Å². The zero-order chi connectivity index (χ0) is 10.4. The number of rotatable bonds is 4. The molecule has 1 aromatic rings. The van der Waals surface area contributed by atoms with Crippen LogP contribution < -0.4 is 4.74 Å². The zero-order valence-electron chi connectivity index (χ0n) is 8.49. The SMILES string of the molecule is CC=COc1ccc(C(=O)CC)cc1. The predicted molar refractivity (Wildman–Crippen MR) is 56.5 cm³/mol. The first kappa shape index (κ1) is 10.5. The maximum atomic E-state index is 11.3. The van der Waals surface area contributed by atoms with E-state index in [1.165, 1.54) is 0 Å². The average molecular weight is 190 g/mol. The van der Waals surface area contributed by atoms with Gasteiger partial charge in [0.2, 0.25) is 0 Å². The van der Waals surface area contributed by atoms with Crippen LogP contribution in [0.2, 0.25) is 0 Å². The molecule has 0 saturated heterocycles. The van der Waals surface area contributed by atoms with E-state index in [-0.39, 0.29) is 5.78 Å². The van der Waals surface area contributed by atoms with E-state index < -0.39 is 0 Å². The molecule has 0 N–H and O–H groups in total. The van der Waals surface area contributed by atoms with Gasteiger partial charge >= 0.3 is 0 Å². The topological polar surface area (TPSA) is 26.3 Å². The van der Waals surface area contributed by atoms with Gasteiger partial charge in [0.05, 0.1) is 6.26 Å². The predicted octanol–water partition coefficient (Wildman–Crippen LogP) is 3.19. The van der Waals surface area contributed by atoms with Crippen molar-refractivity contribution in [3.05, 3.63) is 42.2 Å². The summed E-state index contributed by atoms with van der Waals surface area (Å²) >= 11 is 0. The molecule has 0 aliphatic carbocycles. The van der Waals surface area contributed by atoms with Crippen LogP contribution in [-0.4, -0.2) is 5.78 Å². The third-order valence-corrected chi connectivity index (χ3v) is 1.84. The van der Waals surface area contributed by atoms with E-state index in [0.29, 0.717) is 6.42 Å². The molecule has 74 valence electrons. The standard InChI is InChI=1S/C12H14O2/c1-3-9-14-11-7-5-10(6-8-11)12(13)4-2/h3,5-9H,4H2,1-2H3. The number of allylic oxidation sites excluding steroid dienone is 1. The van der Waals surface area contributed by atoms with E-state index in [1.807, 2.05) is 19.9 Å². The van der Waals surface area contributed by atoms with E-state index in [2.05, 4.69) is 0 Å². The third kappa shape index (κ3) is 2.73. The van der Waals surface area contributed by atoms with Crippen LogP contribution in [0.5, 0.6) is 5.75 Å². The first-order valence-corrected chi connectivity index (χ1v) is 4.69. The average Bonchev–Trinajstić information content (AvgIpc) is 2.26. The molecule has 0 atom stereocenters. The minimum absolute atomic E-state index is 0.155. The molecule has 0 saturated carbocycles. The quantitative estimate of drug-likeness (QED) is 0.538. The van der Waals surface area contributed by atoms with Gasteiger partial charge in [0.15, 0.2) is 5.78 Å². The van der Waals surface area contributed by atoms with Gasteiger partial charge in [0, 0.05) is 12.0 Å². The highest BCUT2D eigenvalue weighted by molar-refractivity contribution is 5.95. The Balaban J connectivity index is 2.73. The van der Waals surface area contributed by atoms with Gasteiger partial charge in [-0.05, 0) is 31.2 Å². The van der Waals surface area contributed by atoms with Crippen molar-refractivity contribution in [2.45, 2.75) is 20.3 Å². The Morgan fingerprint density at radius 3 is 2.50 bits per heavy atom. The Bertz CT molecular complexity index is 323. The summed E-state index contributed by atoms with van der Waals surface area (Å²) in [7, 11) is 0. The van der Waals surface area contributed by atoms with E-state index in [9.17, 15) is 4.79 Å². The highest BCUT2D eigenvalue weighted by Crippen LogP contribution is 2.13. The van der Waals surface area contributed by atoms with Crippen LogP contribution in [0.4, 0.5) is 0 Å². The number of carbonyl (C=O) groups excluding carboxylic acids is 1. The summed E-state index contributed by atoms with van der Waals surface area (Å²) in [6.45, 7) is 3.74. The highest BCUT2D eigenvalue weighted by Gasteiger charge is 2.01. The molecule has 0 aliphatic heterocycles. The van der Waals surface area contributed by atoms with Gasteiger partial charge in [-0.2, -0.15) is 0 Å². The number of hydrogen-bond donors (Lipinski definition) is 0. The first-order valence-electron chi connectivity index (χ1n) is 4.69. The van der Waals surface area contributed by atoms with Crippen molar-refractivity contribution in [3.8, 4) is 5.75 Å². The van der Waals surface area contributed by atoms with E-state index in [4.69, 9.17) is 4.74 Å². The normalized spacial score (nSPS) is 10.4. The van der Waals surface area contributed by atoms with Gasteiger partial charge in [-0.25, -0.2) is 0 Å². The van der Waals surface area contributed by atoms with Gasteiger partial charge in [-0.3, -0.25) is 4.79 Å². The monoisotopic (exact) mass is 190 g/mol. The minimum atomic E-state index is 0.155. The van der Waals surface area contributed by atoms with Crippen molar-refractivity contribution in [2.24, 2.45) is 0 Å². The lowest BCUT2D eigenvalue weighted by Crippen LogP contribution is -1.95. The Morgan fingerprint density at radius 2 is 2.00 bits per heavy atom. The number of carbonyl (C=O) groups is 1. The summed E-state index contributed by atoms with van der Waals surface area (Å²) in [6, 6.07) is 7.15. The second-order valence-electron chi connectivity index (χ2n) is 2.89. The van der Waals surface area contributed by atoms with Crippen LogP contribution in [0, 0.1) is 0 Å². The lowest BCUT2D eigenvalue weighted by atomic mass is 10.1. The summed E-state index contributed by atoms with van der Waals surface area (Å²) in [4.78, 5) is 11.3. The Kier molecular flexibility index (Phi) is 3.92. The van der Waals surface area contributed by atoms with Gasteiger partial charge in [-0.1, -0.05) is 13.0 Å². The van der Waals surface area contributed by atoms with Crippen LogP contribution in [0.15, 0.2) is 36.6 Å². The number of ether oxygens (including phenoxy) is 1. The number of benzene rings is 1. The molecule has 14 heavy (non-hydrogen) atoms. The maximum Gasteiger partial charge on any atom is 0.162 e. The van der Waals surface area contributed by atoms with Crippen molar-refractivity contribution in [1.82, 2.24) is 0 Å². The first-order chi connectivity index (χ1) is 6.77. The Hall–Kier alpha value is -1.57. The molecule has 0 unspecified atom stereocenters. The third-order valence-electron chi connectivity index (χ3n) is 1.84. The fourth-order valence-electron chi connectivity index (χ4n) is 1.07. The van der Waals surface area contributed by atoms with Crippen molar-refractivity contribution in [2.75, 3.05) is 0 Å². The molecular weight excluding hydrogens is 176 g/mol. The van der Waals surface area contributed by atoms with Gasteiger partial charge in [0.25, 0.3) is 0 Å². The maximum absolute atomic E-state index is 11.3. The second-order valence-corrected chi connectivity index (χ2v) is 2.89. The van der Waals surface area contributed by atoms with Gasteiger partial charge in [0.1, 0.15) is 5.75 Å². The number of Topliss-reactive ketones (excluding diaryl/α,β-unsaturated/α-hetero) is 1. The van der Waals surface area contributed by atoms with Crippen LogP contribution in [-0.2, 0) is 0 Å². The molecule has 2 heteroatoms. The molecule has 0 aromatic heterocycles. The molecule has 2 nitrogen and oxygen atoms in total. The molecule has 1 aromatic carbocycles. The molecule has 0 fully saturated rings. The second kappa shape index (κ2) is 5.22. The van der Waals surface area contributed by atoms with E-state index in [1.54, 1.807) is 30.5 Å². The van der Waals surface area contributed by atoms with Gasteiger partial charge < -0.3 is 4.74 Å². The lowest BCUT2D eigenvalue weighted by Gasteiger charge is -2.01. The molecule has 1 rings (SSSR count). The highest BCUT2D eigenvalue weighted by atomic mass is 16.5.